The maximum atomic E-state index is 15.2. The number of unbranched alkanes of at least 4 members (excludes halogenated alkanes) is 3. The van der Waals surface area contributed by atoms with Crippen molar-refractivity contribution in [1.82, 2.24) is 10.2 Å². The number of anilines is 1. The van der Waals surface area contributed by atoms with Gasteiger partial charge in [-0.05, 0) is 53.8 Å². The van der Waals surface area contributed by atoms with Crippen molar-refractivity contribution in [3.63, 3.8) is 0 Å². The number of nitrogens with one attached hydrogen (secondary N) is 1. The molecule has 2 N–H and O–H groups in total. The lowest BCUT2D eigenvalue weighted by molar-refractivity contribution is -0.159. The highest BCUT2D eigenvalue weighted by atomic mass is 79.9. The van der Waals surface area contributed by atoms with Gasteiger partial charge in [0.05, 0.1) is 12.5 Å². The molecule has 2 fully saturated rings. The Bertz CT molecular complexity index is 1860. The molecule has 4 aliphatic rings. The molecule has 7 rings (SSSR count). The Labute approximate surface area is 305 Å². The van der Waals surface area contributed by atoms with Crippen molar-refractivity contribution >= 4 is 56.1 Å². The maximum absolute atomic E-state index is 15.2. The lowest BCUT2D eigenvalue weighted by Crippen LogP contribution is -2.56. The van der Waals surface area contributed by atoms with Gasteiger partial charge < -0.3 is 29.7 Å². The summed E-state index contributed by atoms with van der Waals surface area (Å²) in [5.74, 6) is -3.47. The minimum Gasteiger partial charge on any atom is -0.455 e. The van der Waals surface area contributed by atoms with E-state index in [0.29, 0.717) is 41.5 Å². The highest BCUT2D eigenvalue weighted by molar-refractivity contribution is 9.11. The smallest absolute Gasteiger partial charge is 0.313 e. The number of fused-ring (bicyclic) bond motifs is 3. The van der Waals surface area contributed by atoms with E-state index in [1.807, 2.05) is 91.0 Å². The number of likely N-dealkylation sites (tertiary alicyclic amines) is 1. The van der Waals surface area contributed by atoms with Gasteiger partial charge in [-0.25, -0.2) is 0 Å². The molecule has 11 heteroatoms. The van der Waals surface area contributed by atoms with Crippen LogP contribution in [0.4, 0.5) is 5.69 Å². The summed E-state index contributed by atoms with van der Waals surface area (Å²) in [6, 6.07) is 21.9. The number of aliphatic hydroxyl groups is 1. The summed E-state index contributed by atoms with van der Waals surface area (Å²) in [7, 11) is 0. The fraction of sp³-hybridized carbons (Fsp3) is 0.400. The van der Waals surface area contributed by atoms with Crippen molar-refractivity contribution in [1.29, 1.82) is 0 Å². The van der Waals surface area contributed by atoms with Crippen LogP contribution in [-0.2, 0) is 28.7 Å². The number of halogens is 1. The van der Waals surface area contributed by atoms with Crippen LogP contribution >= 0.6 is 15.9 Å². The zero-order valence-corrected chi connectivity index (χ0v) is 29.9. The Balaban J connectivity index is 1.31. The van der Waals surface area contributed by atoms with Crippen LogP contribution in [0.25, 0.3) is 10.8 Å². The van der Waals surface area contributed by atoms with E-state index in [4.69, 9.17) is 9.47 Å². The number of allylic oxidation sites excluding steroid dienone is 1. The molecule has 0 unspecified atom stereocenters. The third-order valence-corrected chi connectivity index (χ3v) is 11.1. The first-order valence-corrected chi connectivity index (χ1v) is 18.6. The molecule has 6 atom stereocenters. The fourth-order valence-corrected chi connectivity index (χ4v) is 8.73. The molecular weight excluding hydrogens is 714 g/mol. The summed E-state index contributed by atoms with van der Waals surface area (Å²) in [4.78, 5) is 60.4. The second kappa shape index (κ2) is 15.1. The first kappa shape index (κ1) is 35.1. The topological polar surface area (TPSA) is 125 Å². The Morgan fingerprint density at radius 3 is 2.45 bits per heavy atom. The van der Waals surface area contributed by atoms with Crippen molar-refractivity contribution in [2.75, 3.05) is 31.1 Å². The molecule has 3 amide bonds. The first-order valence-electron chi connectivity index (χ1n) is 17.8. The number of carbonyl (C=O) groups excluding carboxylic acids is 4. The number of ether oxygens (including phenoxy) is 2. The maximum Gasteiger partial charge on any atom is 0.313 e. The SMILES string of the molecule is O=C1CC/C=C\CN(c2ccc3ccccc3c2)C(=O)[C@H]2N(CCCCCCO)C(=O)[C@@H]3[C@@H](C(=O)O[C@@H](c4ccccc4)CN1)[C@@H]1O[C@@]32C=C1Br. The molecule has 0 saturated carbocycles. The van der Waals surface area contributed by atoms with E-state index in [0.717, 1.165) is 23.6 Å². The fourth-order valence-electron chi connectivity index (χ4n) is 7.99. The molecule has 2 saturated heterocycles. The average Bonchev–Trinajstić information content (AvgIpc) is 3.74. The minimum absolute atomic E-state index is 0.0636. The number of cyclic esters (lactones) is 1. The molecular formula is C40H42BrN3O7. The third-order valence-electron chi connectivity index (χ3n) is 10.5. The van der Waals surface area contributed by atoms with Crippen LogP contribution in [-0.4, -0.2) is 77.7 Å². The van der Waals surface area contributed by atoms with E-state index < -0.39 is 41.7 Å². The number of nitrogens with zero attached hydrogens (tertiary/aromatic N) is 2. The summed E-state index contributed by atoms with van der Waals surface area (Å²) >= 11 is 3.63. The largest absolute Gasteiger partial charge is 0.455 e. The van der Waals surface area contributed by atoms with Gasteiger partial charge in [0, 0.05) is 36.3 Å². The van der Waals surface area contributed by atoms with Gasteiger partial charge in [0.25, 0.3) is 5.91 Å². The van der Waals surface area contributed by atoms with Crippen molar-refractivity contribution in [2.24, 2.45) is 11.8 Å². The quantitative estimate of drug-likeness (QED) is 0.181. The summed E-state index contributed by atoms with van der Waals surface area (Å²) in [5.41, 5.74) is -0.0412. The molecule has 3 aromatic rings. The molecule has 0 aromatic heterocycles. The van der Waals surface area contributed by atoms with E-state index in [1.54, 1.807) is 9.80 Å². The zero-order chi connectivity index (χ0) is 35.5. The Kier molecular flexibility index (Phi) is 10.4. The van der Waals surface area contributed by atoms with Crippen molar-refractivity contribution in [3.05, 3.63) is 101 Å². The molecule has 4 aliphatic heterocycles. The Morgan fingerprint density at radius 1 is 0.882 bits per heavy atom. The Hall–Kier alpha value is -4.32. The number of carbonyl (C=O) groups is 4. The number of aliphatic hydroxyl groups excluding tert-OH is 1. The molecule has 5 bridgehead atoms. The predicted octanol–water partition coefficient (Wildman–Crippen LogP) is 5.35. The second-order valence-electron chi connectivity index (χ2n) is 13.6. The number of benzene rings is 3. The van der Waals surface area contributed by atoms with E-state index >= 15 is 4.79 Å². The minimum atomic E-state index is -1.41. The highest BCUT2D eigenvalue weighted by Crippen LogP contribution is 2.59. The number of amides is 3. The number of hydrogen-bond donors (Lipinski definition) is 2. The lowest BCUT2D eigenvalue weighted by Gasteiger charge is -2.36. The molecule has 10 nitrogen and oxygen atoms in total. The zero-order valence-electron chi connectivity index (χ0n) is 28.3. The van der Waals surface area contributed by atoms with Crippen LogP contribution < -0.4 is 10.2 Å². The van der Waals surface area contributed by atoms with Crippen molar-refractivity contribution in [2.45, 2.75) is 62.4 Å². The first-order chi connectivity index (χ1) is 24.8. The van der Waals surface area contributed by atoms with E-state index in [2.05, 4.69) is 21.2 Å². The van der Waals surface area contributed by atoms with Crippen molar-refractivity contribution < 1.29 is 33.8 Å². The highest BCUT2D eigenvalue weighted by Gasteiger charge is 2.75. The molecule has 0 radical (unpaired) electrons. The molecule has 4 heterocycles. The standard InChI is InChI=1S/C40H42BrN3O7/c41-30-24-40-34-33(35(30)51-40)39(49)50-31(27-14-5-3-6-15-27)25-42-32(46)17-7-4-11-20-43(29-19-18-26-13-8-9-16-28(26)23-29)38(48)36(40)44(37(34)47)21-10-1-2-12-22-45/h3-6,8-9,11,13-16,18-19,23-24,31,33-36,45H,1-2,7,10,12,17,20-22,25H2,(H,42,46)/b11-4-/t31-,33-,34+,35-,36-,40+/m1/s1. The lowest BCUT2D eigenvalue weighted by atomic mass is 9.74. The summed E-state index contributed by atoms with van der Waals surface area (Å²) in [6.45, 7) is 0.646. The van der Waals surface area contributed by atoms with Crippen LogP contribution in [0.5, 0.6) is 0 Å². The van der Waals surface area contributed by atoms with Gasteiger partial charge in [-0.15, -0.1) is 0 Å². The molecule has 0 aliphatic carbocycles. The van der Waals surface area contributed by atoms with Gasteiger partial charge in [0.2, 0.25) is 11.8 Å². The summed E-state index contributed by atoms with van der Waals surface area (Å²) < 4.78 is 13.5. The summed E-state index contributed by atoms with van der Waals surface area (Å²) in [5, 5.41) is 14.2. The molecule has 3 aromatic carbocycles. The predicted molar refractivity (Wildman–Crippen MR) is 196 cm³/mol. The normalized spacial score (nSPS) is 28.8. The molecule has 266 valence electrons. The third kappa shape index (κ3) is 6.74. The van der Waals surface area contributed by atoms with E-state index in [-0.39, 0.29) is 43.8 Å². The van der Waals surface area contributed by atoms with E-state index in [9.17, 15) is 19.5 Å². The van der Waals surface area contributed by atoms with Gasteiger partial charge in [-0.2, -0.15) is 0 Å². The van der Waals surface area contributed by atoms with Crippen LogP contribution in [0, 0.1) is 11.8 Å². The number of hydrogen-bond acceptors (Lipinski definition) is 7. The van der Waals surface area contributed by atoms with E-state index in [1.165, 1.54) is 0 Å². The summed E-state index contributed by atoms with van der Waals surface area (Å²) in [6.07, 6.45) is 7.46. The second-order valence-corrected chi connectivity index (χ2v) is 14.5. The van der Waals surface area contributed by atoms with Crippen LogP contribution in [0.15, 0.2) is 95.5 Å². The molecule has 51 heavy (non-hydrogen) atoms. The van der Waals surface area contributed by atoms with Gasteiger partial charge in [-0.1, -0.05) is 102 Å². The number of esters is 1. The van der Waals surface area contributed by atoms with Crippen LogP contribution in [0.2, 0.25) is 0 Å². The van der Waals surface area contributed by atoms with Gasteiger partial charge >= 0.3 is 5.97 Å². The van der Waals surface area contributed by atoms with Crippen LogP contribution in [0.1, 0.15) is 50.2 Å². The number of rotatable bonds is 8. The Morgan fingerprint density at radius 2 is 1.65 bits per heavy atom. The van der Waals surface area contributed by atoms with Crippen molar-refractivity contribution in [3.8, 4) is 0 Å². The van der Waals surface area contributed by atoms with Gasteiger partial charge in [0.1, 0.15) is 29.8 Å². The van der Waals surface area contributed by atoms with Gasteiger partial charge in [-0.3, -0.25) is 19.2 Å². The average molecular weight is 757 g/mol. The monoisotopic (exact) mass is 755 g/mol. The van der Waals surface area contributed by atoms with Crippen LogP contribution in [0.3, 0.4) is 0 Å². The molecule has 1 spiro atoms. The van der Waals surface area contributed by atoms with Gasteiger partial charge in [0.15, 0.2) is 0 Å².